The largest absolute Gasteiger partial charge is 0.302 e. The van der Waals surface area contributed by atoms with Crippen molar-refractivity contribution < 1.29 is 4.79 Å². The molecule has 2 aromatic rings. The van der Waals surface area contributed by atoms with Crippen molar-refractivity contribution in [2.45, 2.75) is 13.5 Å². The zero-order chi connectivity index (χ0) is 14.0. The highest BCUT2D eigenvalue weighted by atomic mass is 35.5. The van der Waals surface area contributed by atoms with Gasteiger partial charge in [0, 0.05) is 12.3 Å². The van der Waals surface area contributed by atoms with Gasteiger partial charge in [0.25, 0.3) is 5.56 Å². The van der Waals surface area contributed by atoms with Crippen LogP contribution in [0, 0.1) is 0 Å². The fraction of sp³-hybridized carbons (Fsp3) is 0.200. The van der Waals surface area contributed by atoms with E-state index in [1.807, 2.05) is 0 Å². The molecule has 0 fully saturated rings. The molecule has 2 aromatic heterocycles. The first-order valence-electron chi connectivity index (χ1n) is 5.10. The Balaban J connectivity index is 2.22. The van der Waals surface area contributed by atoms with Gasteiger partial charge in [0.2, 0.25) is 5.91 Å². The molecule has 1 N–H and O–H groups in total. The molecule has 0 unspecified atom stereocenters. The van der Waals surface area contributed by atoms with Gasteiger partial charge in [-0.05, 0) is 0 Å². The van der Waals surface area contributed by atoms with Crippen molar-refractivity contribution in [2.75, 3.05) is 5.32 Å². The lowest BCUT2D eigenvalue weighted by molar-refractivity contribution is -0.114. The van der Waals surface area contributed by atoms with Gasteiger partial charge in [-0.15, -0.1) is 11.3 Å². The first-order chi connectivity index (χ1) is 8.97. The molecule has 0 saturated carbocycles. The molecule has 2 heterocycles. The highest BCUT2D eigenvalue weighted by Crippen LogP contribution is 2.17. The number of hydrogen-bond acceptors (Lipinski definition) is 5. The summed E-state index contributed by atoms with van der Waals surface area (Å²) in [6.45, 7) is 1.55. The van der Waals surface area contributed by atoms with Gasteiger partial charge in [-0.1, -0.05) is 23.2 Å². The second kappa shape index (κ2) is 5.68. The Hall–Kier alpha value is -1.44. The molecule has 0 aliphatic heterocycles. The summed E-state index contributed by atoms with van der Waals surface area (Å²) in [6, 6.07) is 0. The fourth-order valence-electron chi connectivity index (χ4n) is 1.30. The molecule has 0 saturated heterocycles. The van der Waals surface area contributed by atoms with Crippen LogP contribution in [0.25, 0.3) is 0 Å². The molecular weight excluding hydrogens is 311 g/mol. The molecule has 0 bridgehead atoms. The van der Waals surface area contributed by atoms with Crippen LogP contribution in [0.3, 0.4) is 0 Å². The normalized spacial score (nSPS) is 10.5. The van der Waals surface area contributed by atoms with Crippen molar-refractivity contribution in [2.24, 2.45) is 0 Å². The molecule has 6 nitrogen and oxygen atoms in total. The lowest BCUT2D eigenvalue weighted by Crippen LogP contribution is -2.23. The van der Waals surface area contributed by atoms with Gasteiger partial charge in [0.05, 0.1) is 23.5 Å². The molecule has 100 valence electrons. The monoisotopic (exact) mass is 318 g/mol. The van der Waals surface area contributed by atoms with Crippen LogP contribution < -0.4 is 10.9 Å². The number of nitrogens with zero attached hydrogens (tertiary/aromatic N) is 3. The second-order valence-electron chi connectivity index (χ2n) is 3.59. The van der Waals surface area contributed by atoms with E-state index in [0.717, 1.165) is 4.68 Å². The first-order valence-corrected chi connectivity index (χ1v) is 6.74. The summed E-state index contributed by atoms with van der Waals surface area (Å²) in [5.74, 6) is -0.203. The van der Waals surface area contributed by atoms with Gasteiger partial charge in [-0.25, -0.2) is 9.67 Å². The molecule has 0 radical (unpaired) electrons. The number of carbonyl (C=O) groups excluding carboxylic acids is 1. The Morgan fingerprint density at radius 1 is 1.53 bits per heavy atom. The summed E-state index contributed by atoms with van der Waals surface area (Å²) in [7, 11) is 0. The Kier molecular flexibility index (Phi) is 4.18. The number of amides is 1. The number of hydrogen-bond donors (Lipinski definition) is 1. The topological polar surface area (TPSA) is 76.9 Å². The molecular formula is C10H8Cl2N4O2S. The smallest absolute Gasteiger partial charge is 0.287 e. The van der Waals surface area contributed by atoms with E-state index >= 15 is 0 Å². The van der Waals surface area contributed by atoms with Crippen molar-refractivity contribution in [1.29, 1.82) is 0 Å². The number of anilines is 1. The van der Waals surface area contributed by atoms with Crippen LogP contribution in [0.5, 0.6) is 0 Å². The molecule has 0 atom stereocenters. The number of nitrogens with one attached hydrogen (secondary N) is 1. The predicted molar refractivity (Wildman–Crippen MR) is 74.0 cm³/mol. The van der Waals surface area contributed by atoms with Crippen LogP contribution in [0.4, 0.5) is 5.13 Å². The SMILES string of the molecule is CC(=O)Nc1nc(Cn2ncc(Cl)c(Cl)c2=O)cs1. The third kappa shape index (κ3) is 3.31. The van der Waals surface area contributed by atoms with Crippen LogP contribution in [0.2, 0.25) is 10.0 Å². The van der Waals surface area contributed by atoms with E-state index in [9.17, 15) is 9.59 Å². The van der Waals surface area contributed by atoms with Crippen molar-refractivity contribution in [3.05, 3.63) is 37.7 Å². The molecule has 9 heteroatoms. The van der Waals surface area contributed by atoms with Crippen molar-refractivity contribution >= 4 is 45.6 Å². The molecule has 0 aromatic carbocycles. The lowest BCUT2D eigenvalue weighted by atomic mass is 10.5. The van der Waals surface area contributed by atoms with E-state index in [2.05, 4.69) is 15.4 Å². The minimum atomic E-state index is -0.483. The highest BCUT2D eigenvalue weighted by Gasteiger charge is 2.10. The Labute approximate surface area is 122 Å². The van der Waals surface area contributed by atoms with Gasteiger partial charge in [-0.3, -0.25) is 9.59 Å². The predicted octanol–water partition coefficient (Wildman–Crippen LogP) is 2.01. The lowest BCUT2D eigenvalue weighted by Gasteiger charge is -2.03. The number of halogens is 2. The van der Waals surface area contributed by atoms with E-state index in [4.69, 9.17) is 23.2 Å². The second-order valence-corrected chi connectivity index (χ2v) is 5.24. The summed E-state index contributed by atoms with van der Waals surface area (Å²) in [4.78, 5) is 26.8. The molecule has 0 spiro atoms. The van der Waals surface area contributed by atoms with Gasteiger partial charge < -0.3 is 5.32 Å². The average molecular weight is 319 g/mol. The van der Waals surface area contributed by atoms with E-state index in [-0.39, 0.29) is 22.5 Å². The maximum atomic E-state index is 11.8. The van der Waals surface area contributed by atoms with Crippen LogP contribution in [0.15, 0.2) is 16.4 Å². The summed E-state index contributed by atoms with van der Waals surface area (Å²) in [5.41, 5.74) is 0.116. The summed E-state index contributed by atoms with van der Waals surface area (Å²) >= 11 is 12.7. The number of carbonyl (C=O) groups is 1. The zero-order valence-corrected chi connectivity index (χ0v) is 12.0. The van der Waals surface area contributed by atoms with E-state index < -0.39 is 5.56 Å². The molecule has 0 aliphatic rings. The van der Waals surface area contributed by atoms with Crippen molar-refractivity contribution in [1.82, 2.24) is 14.8 Å². The van der Waals surface area contributed by atoms with Gasteiger partial charge in [0.15, 0.2) is 5.13 Å². The van der Waals surface area contributed by atoms with Gasteiger partial charge in [0.1, 0.15) is 5.02 Å². The number of thiazole rings is 1. The Bertz CT molecular complexity index is 682. The minimum Gasteiger partial charge on any atom is -0.302 e. The van der Waals surface area contributed by atoms with Gasteiger partial charge in [-0.2, -0.15) is 5.10 Å². The third-order valence-electron chi connectivity index (χ3n) is 2.09. The molecule has 1 amide bonds. The van der Waals surface area contributed by atoms with E-state index in [1.165, 1.54) is 24.5 Å². The van der Waals surface area contributed by atoms with Gasteiger partial charge >= 0.3 is 0 Å². The third-order valence-corrected chi connectivity index (χ3v) is 3.64. The van der Waals surface area contributed by atoms with Crippen LogP contribution >= 0.6 is 34.5 Å². The van der Waals surface area contributed by atoms with Crippen molar-refractivity contribution in [3.8, 4) is 0 Å². The van der Waals surface area contributed by atoms with E-state index in [1.54, 1.807) is 5.38 Å². The van der Waals surface area contributed by atoms with Crippen LogP contribution in [-0.4, -0.2) is 20.7 Å². The minimum absolute atomic E-state index is 0.0750. The summed E-state index contributed by atoms with van der Waals surface area (Å²) in [5, 5.41) is 8.66. The number of aromatic nitrogens is 3. The summed E-state index contributed by atoms with van der Waals surface area (Å²) < 4.78 is 1.15. The number of rotatable bonds is 3. The Morgan fingerprint density at radius 3 is 2.95 bits per heavy atom. The summed E-state index contributed by atoms with van der Waals surface area (Å²) in [6.07, 6.45) is 1.30. The first kappa shape index (κ1) is 14.0. The average Bonchev–Trinajstić information content (AvgIpc) is 2.76. The quantitative estimate of drug-likeness (QED) is 0.939. The standard InChI is InChI=1S/C10H8Cl2N4O2S/c1-5(17)14-10-15-6(4-19-10)3-16-9(18)8(12)7(11)2-13-16/h2,4H,3H2,1H3,(H,14,15,17). The van der Waals surface area contributed by atoms with Crippen LogP contribution in [-0.2, 0) is 11.3 Å². The maximum Gasteiger partial charge on any atom is 0.287 e. The maximum absolute atomic E-state index is 11.8. The molecule has 0 aliphatic carbocycles. The van der Waals surface area contributed by atoms with Crippen LogP contribution in [0.1, 0.15) is 12.6 Å². The molecule has 2 rings (SSSR count). The molecule has 19 heavy (non-hydrogen) atoms. The fourth-order valence-corrected chi connectivity index (χ4v) is 2.32. The van der Waals surface area contributed by atoms with E-state index in [0.29, 0.717) is 10.8 Å². The zero-order valence-electron chi connectivity index (χ0n) is 9.68. The van der Waals surface area contributed by atoms with Crippen molar-refractivity contribution in [3.63, 3.8) is 0 Å². The highest BCUT2D eigenvalue weighted by molar-refractivity contribution is 7.13. The Morgan fingerprint density at radius 2 is 2.26 bits per heavy atom.